The number of rotatable bonds is 3. The molecule has 1 amide bonds. The van der Waals surface area contributed by atoms with Gasteiger partial charge in [0, 0.05) is 45.2 Å². The third kappa shape index (κ3) is 3.37. The summed E-state index contributed by atoms with van der Waals surface area (Å²) in [5, 5.41) is 0. The zero-order chi connectivity index (χ0) is 19.9. The Morgan fingerprint density at radius 1 is 1.07 bits per heavy atom. The largest absolute Gasteiger partial charge is 0.419 e. The van der Waals surface area contributed by atoms with Crippen LogP contribution in [-0.2, 0) is 21.9 Å². The Hall–Kier alpha value is -2.13. The summed E-state index contributed by atoms with van der Waals surface area (Å²) >= 11 is 0. The quantitative estimate of drug-likeness (QED) is 0.770. The van der Waals surface area contributed by atoms with Crippen LogP contribution in [0.4, 0.5) is 0 Å². The van der Waals surface area contributed by atoms with Crippen LogP contribution >= 0.6 is 0 Å². The topological polar surface area (TPSA) is 92.8 Å². The Balaban J connectivity index is 1.47. The van der Waals surface area contributed by atoms with Crippen molar-refractivity contribution in [3.63, 3.8) is 0 Å². The average Bonchev–Trinajstić information content (AvgIpc) is 3.01. The Bertz CT molecular complexity index is 1040. The first-order valence-corrected chi connectivity index (χ1v) is 11.2. The molecule has 28 heavy (non-hydrogen) atoms. The highest BCUT2D eigenvalue weighted by molar-refractivity contribution is 7.89. The molecule has 2 aromatic rings. The van der Waals surface area contributed by atoms with Gasteiger partial charge < -0.3 is 9.32 Å². The molecule has 2 fully saturated rings. The van der Waals surface area contributed by atoms with Gasteiger partial charge in [-0.25, -0.2) is 13.2 Å². The number of carbonyl (C=O) groups is 1. The van der Waals surface area contributed by atoms with Crippen molar-refractivity contribution in [2.24, 2.45) is 13.0 Å². The second-order valence-corrected chi connectivity index (χ2v) is 9.56. The molecule has 1 aliphatic carbocycles. The third-order valence-corrected chi connectivity index (χ3v) is 7.80. The highest BCUT2D eigenvalue weighted by Crippen LogP contribution is 2.27. The molecule has 2 heterocycles. The normalized spacial score (nSPS) is 20.0. The van der Waals surface area contributed by atoms with Gasteiger partial charge in [0.2, 0.25) is 15.9 Å². The molecule has 0 unspecified atom stereocenters. The van der Waals surface area contributed by atoms with Crippen molar-refractivity contribution in [3.8, 4) is 0 Å². The number of aromatic nitrogens is 1. The summed E-state index contributed by atoms with van der Waals surface area (Å²) in [6.07, 6.45) is 5.28. The number of carbonyl (C=O) groups excluding carboxylic acids is 1. The second kappa shape index (κ2) is 7.36. The van der Waals surface area contributed by atoms with Crippen LogP contribution in [0.5, 0.6) is 0 Å². The van der Waals surface area contributed by atoms with Crippen LogP contribution in [-0.4, -0.2) is 54.3 Å². The summed E-state index contributed by atoms with van der Waals surface area (Å²) in [5.41, 5.74) is 0.798. The van der Waals surface area contributed by atoms with E-state index < -0.39 is 15.8 Å². The van der Waals surface area contributed by atoms with E-state index in [1.807, 2.05) is 0 Å². The number of benzene rings is 1. The van der Waals surface area contributed by atoms with Crippen molar-refractivity contribution < 1.29 is 17.6 Å². The van der Waals surface area contributed by atoms with Crippen molar-refractivity contribution in [2.75, 3.05) is 26.2 Å². The Labute approximate surface area is 163 Å². The summed E-state index contributed by atoms with van der Waals surface area (Å²) in [7, 11) is -2.13. The lowest BCUT2D eigenvalue weighted by molar-refractivity contribution is -0.137. The number of aryl methyl sites for hydroxylation is 1. The van der Waals surface area contributed by atoms with E-state index in [-0.39, 0.29) is 35.4 Å². The summed E-state index contributed by atoms with van der Waals surface area (Å²) in [5.74, 6) is -0.260. The lowest BCUT2D eigenvalue weighted by Crippen LogP contribution is -2.52. The molecule has 1 aromatic heterocycles. The average molecular weight is 407 g/mol. The molecule has 4 rings (SSSR count). The summed E-state index contributed by atoms with van der Waals surface area (Å²) in [4.78, 5) is 26.2. The number of hydrogen-bond donors (Lipinski definition) is 0. The van der Waals surface area contributed by atoms with E-state index in [0.717, 1.165) is 25.7 Å². The van der Waals surface area contributed by atoms with Crippen LogP contribution in [0.15, 0.2) is 32.3 Å². The van der Waals surface area contributed by atoms with Crippen molar-refractivity contribution in [1.82, 2.24) is 13.8 Å². The molecule has 152 valence electrons. The SMILES string of the molecule is Cn1c(=O)oc2cc(S(=O)(=O)N3CCN(C(=O)C4CCCCC4)CC3)ccc21. The van der Waals surface area contributed by atoms with Crippen molar-refractivity contribution in [3.05, 3.63) is 28.7 Å². The fourth-order valence-corrected chi connectivity index (χ4v) is 5.62. The van der Waals surface area contributed by atoms with Gasteiger partial charge in [-0.15, -0.1) is 0 Å². The van der Waals surface area contributed by atoms with Gasteiger partial charge in [-0.3, -0.25) is 9.36 Å². The Kier molecular flexibility index (Phi) is 5.05. The van der Waals surface area contributed by atoms with Gasteiger partial charge in [0.15, 0.2) is 5.58 Å². The molecule has 0 bridgehead atoms. The van der Waals surface area contributed by atoms with Gasteiger partial charge in [0.05, 0.1) is 10.4 Å². The maximum Gasteiger partial charge on any atom is 0.419 e. The van der Waals surface area contributed by atoms with Gasteiger partial charge in [-0.1, -0.05) is 19.3 Å². The minimum absolute atomic E-state index is 0.0975. The van der Waals surface area contributed by atoms with Crippen LogP contribution in [0.25, 0.3) is 11.1 Å². The van der Waals surface area contributed by atoms with E-state index in [1.54, 1.807) is 18.0 Å². The van der Waals surface area contributed by atoms with Crippen LogP contribution in [0, 0.1) is 5.92 Å². The van der Waals surface area contributed by atoms with Crippen molar-refractivity contribution in [1.29, 1.82) is 0 Å². The molecule has 1 saturated carbocycles. The Morgan fingerprint density at radius 2 is 1.75 bits per heavy atom. The minimum atomic E-state index is -3.71. The first kappa shape index (κ1) is 19.2. The predicted molar refractivity (Wildman–Crippen MR) is 103 cm³/mol. The lowest BCUT2D eigenvalue weighted by atomic mass is 9.88. The second-order valence-electron chi connectivity index (χ2n) is 7.62. The fraction of sp³-hybridized carbons (Fsp3) is 0.579. The number of piperazine rings is 1. The highest BCUT2D eigenvalue weighted by Gasteiger charge is 2.33. The van der Waals surface area contributed by atoms with Gasteiger partial charge in [0.25, 0.3) is 0 Å². The first-order chi connectivity index (χ1) is 13.4. The summed E-state index contributed by atoms with van der Waals surface area (Å²) in [6, 6.07) is 4.47. The highest BCUT2D eigenvalue weighted by atomic mass is 32.2. The smallest absolute Gasteiger partial charge is 0.408 e. The zero-order valence-corrected chi connectivity index (χ0v) is 16.8. The molecule has 2 aliphatic rings. The van der Waals surface area contributed by atoms with E-state index in [9.17, 15) is 18.0 Å². The third-order valence-electron chi connectivity index (χ3n) is 5.91. The van der Waals surface area contributed by atoms with E-state index in [2.05, 4.69) is 0 Å². The molecule has 1 saturated heterocycles. The zero-order valence-electron chi connectivity index (χ0n) is 16.0. The first-order valence-electron chi connectivity index (χ1n) is 9.76. The molecule has 0 radical (unpaired) electrons. The van der Waals surface area contributed by atoms with Crippen LogP contribution in [0.2, 0.25) is 0 Å². The van der Waals surface area contributed by atoms with Crippen LogP contribution in [0.1, 0.15) is 32.1 Å². The molecule has 0 spiro atoms. The molecule has 0 atom stereocenters. The molecule has 1 aromatic carbocycles. The molecule has 8 nitrogen and oxygen atoms in total. The number of oxazole rings is 1. The van der Waals surface area contributed by atoms with Crippen LogP contribution in [0.3, 0.4) is 0 Å². The Morgan fingerprint density at radius 3 is 2.43 bits per heavy atom. The fourth-order valence-electron chi connectivity index (χ4n) is 4.18. The molecule has 0 N–H and O–H groups in total. The molecule has 9 heteroatoms. The maximum absolute atomic E-state index is 13.0. The summed E-state index contributed by atoms with van der Waals surface area (Å²) < 4.78 is 33.8. The minimum Gasteiger partial charge on any atom is -0.408 e. The molecular formula is C19H25N3O5S. The van der Waals surface area contributed by atoms with Gasteiger partial charge in [-0.05, 0) is 25.0 Å². The maximum atomic E-state index is 13.0. The number of fused-ring (bicyclic) bond motifs is 1. The van der Waals surface area contributed by atoms with Crippen molar-refractivity contribution in [2.45, 2.75) is 37.0 Å². The number of sulfonamides is 1. The standard InChI is InChI=1S/C19H25N3O5S/c1-20-16-8-7-15(13-17(16)27-19(20)24)28(25,26)22-11-9-21(10-12-22)18(23)14-5-3-2-4-6-14/h7-8,13-14H,2-6,9-12H2,1H3. The summed E-state index contributed by atoms with van der Waals surface area (Å²) in [6.45, 7) is 1.38. The predicted octanol–water partition coefficient (Wildman–Crippen LogP) is 1.54. The van der Waals surface area contributed by atoms with Gasteiger partial charge in [-0.2, -0.15) is 4.31 Å². The van der Waals surface area contributed by atoms with E-state index in [4.69, 9.17) is 4.42 Å². The van der Waals surface area contributed by atoms with E-state index >= 15 is 0 Å². The number of hydrogen-bond acceptors (Lipinski definition) is 5. The molecular weight excluding hydrogens is 382 g/mol. The monoisotopic (exact) mass is 407 g/mol. The van der Waals surface area contributed by atoms with Gasteiger partial charge >= 0.3 is 5.76 Å². The van der Waals surface area contributed by atoms with Crippen molar-refractivity contribution >= 4 is 27.0 Å². The van der Waals surface area contributed by atoms with Gasteiger partial charge in [0.1, 0.15) is 0 Å². The molecule has 1 aliphatic heterocycles. The van der Waals surface area contributed by atoms with Crippen LogP contribution < -0.4 is 5.76 Å². The van der Waals surface area contributed by atoms with E-state index in [1.165, 1.54) is 27.4 Å². The number of nitrogens with zero attached hydrogens (tertiary/aromatic N) is 3. The number of amides is 1. The lowest BCUT2D eigenvalue weighted by Gasteiger charge is -2.36. The van der Waals surface area contributed by atoms with E-state index in [0.29, 0.717) is 18.6 Å².